The van der Waals surface area contributed by atoms with Crippen LogP contribution in [-0.4, -0.2) is 58.3 Å². The van der Waals surface area contributed by atoms with Crippen molar-refractivity contribution in [3.05, 3.63) is 113 Å². The number of fused-ring (bicyclic) bond motifs is 3. The summed E-state index contributed by atoms with van der Waals surface area (Å²) in [6.07, 6.45) is -5.21. The van der Waals surface area contributed by atoms with Gasteiger partial charge in [0.15, 0.2) is 0 Å². The summed E-state index contributed by atoms with van der Waals surface area (Å²) in [5.41, 5.74) is 0.788. The second-order valence-electron chi connectivity index (χ2n) is 9.67. The Morgan fingerprint density at radius 3 is 2.30 bits per heavy atom. The predicted molar refractivity (Wildman–Crippen MR) is 139 cm³/mol. The number of amides is 2. The van der Waals surface area contributed by atoms with Crippen LogP contribution < -0.4 is 10.1 Å². The minimum atomic E-state index is -4.56. The molecule has 10 heteroatoms. The first-order valence-electron chi connectivity index (χ1n) is 12.8. The molecule has 0 saturated heterocycles. The van der Waals surface area contributed by atoms with Gasteiger partial charge < -0.3 is 25.2 Å². The standard InChI is InChI=1S/C30H27F3N2O5/c31-30(32,33)20-12-10-19(11-13-20)29(39)35(17-18-6-2-1-3-7-18)23-16-22(28(38)34-14-15-36)25-21-8-4-5-9-24(21)40-27(25)26(23)37/h1-13,16,23,25-27,36-37H,14-15,17H2,(H,34,38). The monoisotopic (exact) mass is 552 g/mol. The Kier molecular flexibility index (Phi) is 7.64. The molecule has 0 aromatic heterocycles. The van der Waals surface area contributed by atoms with Crippen molar-refractivity contribution in [3.8, 4) is 5.75 Å². The van der Waals surface area contributed by atoms with E-state index in [9.17, 15) is 33.0 Å². The van der Waals surface area contributed by atoms with Crippen molar-refractivity contribution in [1.82, 2.24) is 10.2 Å². The van der Waals surface area contributed by atoms with Gasteiger partial charge in [0.05, 0.1) is 24.1 Å². The summed E-state index contributed by atoms with van der Waals surface area (Å²) < 4.78 is 45.5. The van der Waals surface area contributed by atoms with E-state index in [1.54, 1.807) is 54.6 Å². The fourth-order valence-corrected chi connectivity index (χ4v) is 5.25. The highest BCUT2D eigenvalue weighted by Gasteiger charge is 2.50. The molecule has 1 heterocycles. The van der Waals surface area contributed by atoms with Crippen molar-refractivity contribution in [3.63, 3.8) is 0 Å². The fourth-order valence-electron chi connectivity index (χ4n) is 5.25. The van der Waals surface area contributed by atoms with E-state index in [4.69, 9.17) is 4.74 Å². The molecule has 2 amide bonds. The van der Waals surface area contributed by atoms with Gasteiger partial charge in [-0.2, -0.15) is 13.2 Å². The highest BCUT2D eigenvalue weighted by molar-refractivity contribution is 5.97. The summed E-state index contributed by atoms with van der Waals surface area (Å²) in [5.74, 6) is -1.23. The van der Waals surface area contributed by atoms with Crippen LogP contribution in [0.2, 0.25) is 0 Å². The lowest BCUT2D eigenvalue weighted by Gasteiger charge is -2.40. The van der Waals surface area contributed by atoms with Gasteiger partial charge in [0.1, 0.15) is 18.0 Å². The maximum absolute atomic E-state index is 13.8. The molecule has 1 aliphatic carbocycles. The third kappa shape index (κ3) is 5.32. The quantitative estimate of drug-likeness (QED) is 0.416. The summed E-state index contributed by atoms with van der Waals surface area (Å²) in [5, 5.41) is 23.5. The second-order valence-corrected chi connectivity index (χ2v) is 9.67. The molecule has 3 aromatic carbocycles. The van der Waals surface area contributed by atoms with Gasteiger partial charge in [0.25, 0.3) is 5.91 Å². The maximum Gasteiger partial charge on any atom is 0.416 e. The molecule has 1 aliphatic heterocycles. The smallest absolute Gasteiger partial charge is 0.416 e. The molecular weight excluding hydrogens is 525 g/mol. The van der Waals surface area contributed by atoms with Crippen LogP contribution in [0.25, 0.3) is 0 Å². The van der Waals surface area contributed by atoms with Crippen LogP contribution in [0.4, 0.5) is 13.2 Å². The molecule has 40 heavy (non-hydrogen) atoms. The van der Waals surface area contributed by atoms with E-state index in [2.05, 4.69) is 5.32 Å². The average Bonchev–Trinajstić information content (AvgIpc) is 3.35. The number of carbonyl (C=O) groups is 2. The van der Waals surface area contributed by atoms with Crippen LogP contribution in [0.3, 0.4) is 0 Å². The van der Waals surface area contributed by atoms with Crippen molar-refractivity contribution in [1.29, 1.82) is 0 Å². The van der Waals surface area contributed by atoms with Crippen LogP contribution in [0.5, 0.6) is 5.75 Å². The molecule has 2 aliphatic rings. The number of aliphatic hydroxyl groups is 2. The molecule has 0 saturated carbocycles. The van der Waals surface area contributed by atoms with Gasteiger partial charge in [-0.05, 0) is 42.0 Å². The molecule has 0 radical (unpaired) electrons. The number of hydrogen-bond donors (Lipinski definition) is 3. The number of nitrogens with one attached hydrogen (secondary N) is 1. The van der Waals surface area contributed by atoms with E-state index < -0.39 is 47.7 Å². The summed E-state index contributed by atoms with van der Waals surface area (Å²) in [7, 11) is 0. The Bertz CT molecular complexity index is 1410. The highest BCUT2D eigenvalue weighted by Crippen LogP contribution is 2.47. The Morgan fingerprint density at radius 2 is 1.62 bits per heavy atom. The predicted octanol–water partition coefficient (Wildman–Crippen LogP) is 3.67. The fraction of sp³-hybridized carbons (Fsp3) is 0.267. The summed E-state index contributed by atoms with van der Waals surface area (Å²) in [6.45, 7) is -0.269. The van der Waals surface area contributed by atoms with Gasteiger partial charge in [-0.25, -0.2) is 0 Å². The number of alkyl halides is 3. The number of benzene rings is 3. The van der Waals surface area contributed by atoms with Crippen molar-refractivity contribution < 1.29 is 37.7 Å². The van der Waals surface area contributed by atoms with Gasteiger partial charge in [0.2, 0.25) is 5.91 Å². The van der Waals surface area contributed by atoms with Crippen LogP contribution >= 0.6 is 0 Å². The Balaban J connectivity index is 1.57. The Hall–Kier alpha value is -4.15. The lowest BCUT2D eigenvalue weighted by Crippen LogP contribution is -2.55. The molecule has 4 unspecified atom stereocenters. The Morgan fingerprint density at radius 1 is 0.950 bits per heavy atom. The van der Waals surface area contributed by atoms with E-state index in [1.807, 2.05) is 0 Å². The number of halogens is 3. The molecule has 3 aromatic rings. The molecule has 208 valence electrons. The van der Waals surface area contributed by atoms with Gasteiger partial charge >= 0.3 is 6.18 Å². The largest absolute Gasteiger partial charge is 0.486 e. The van der Waals surface area contributed by atoms with Crippen molar-refractivity contribution in [2.45, 2.75) is 36.9 Å². The molecular formula is C30H27F3N2O5. The van der Waals surface area contributed by atoms with E-state index in [-0.39, 0.29) is 30.8 Å². The minimum Gasteiger partial charge on any atom is -0.486 e. The Labute approximate surface area is 228 Å². The third-order valence-electron chi connectivity index (χ3n) is 7.15. The molecule has 7 nitrogen and oxygen atoms in total. The zero-order valence-corrected chi connectivity index (χ0v) is 21.2. The lowest BCUT2D eigenvalue weighted by molar-refractivity contribution is -0.137. The zero-order chi connectivity index (χ0) is 28.4. The zero-order valence-electron chi connectivity index (χ0n) is 21.2. The van der Waals surface area contributed by atoms with Gasteiger partial charge in [-0.15, -0.1) is 0 Å². The molecule has 0 bridgehead atoms. The van der Waals surface area contributed by atoms with Crippen LogP contribution in [0.15, 0.2) is 90.5 Å². The summed E-state index contributed by atoms with van der Waals surface area (Å²) >= 11 is 0. The average molecular weight is 553 g/mol. The first-order chi connectivity index (χ1) is 19.2. The van der Waals surface area contributed by atoms with Crippen molar-refractivity contribution >= 4 is 11.8 Å². The van der Waals surface area contributed by atoms with Crippen LogP contribution in [-0.2, 0) is 17.5 Å². The number of hydrogen-bond acceptors (Lipinski definition) is 5. The van der Waals surface area contributed by atoms with Gasteiger partial charge in [0, 0.05) is 29.8 Å². The molecule has 0 spiro atoms. The molecule has 5 rings (SSSR count). The summed E-state index contributed by atoms with van der Waals surface area (Å²) in [6, 6.07) is 18.8. The van der Waals surface area contributed by atoms with Crippen LogP contribution in [0, 0.1) is 0 Å². The number of nitrogens with zero attached hydrogens (tertiary/aromatic N) is 1. The first-order valence-corrected chi connectivity index (χ1v) is 12.8. The minimum absolute atomic E-state index is 0.00149. The van der Waals surface area contributed by atoms with E-state index in [1.165, 1.54) is 11.0 Å². The van der Waals surface area contributed by atoms with Gasteiger partial charge in [-0.3, -0.25) is 9.59 Å². The lowest BCUT2D eigenvalue weighted by atomic mass is 9.77. The summed E-state index contributed by atoms with van der Waals surface area (Å²) in [4.78, 5) is 28.5. The highest BCUT2D eigenvalue weighted by atomic mass is 19.4. The van der Waals surface area contributed by atoms with Crippen LogP contribution in [0.1, 0.15) is 33.0 Å². The molecule has 4 atom stereocenters. The van der Waals surface area contributed by atoms with E-state index in [0.29, 0.717) is 16.9 Å². The number of carbonyl (C=O) groups excluding carboxylic acids is 2. The van der Waals surface area contributed by atoms with E-state index >= 15 is 0 Å². The first kappa shape index (κ1) is 27.4. The normalized spacial score (nSPS) is 21.5. The number of rotatable bonds is 7. The number of aliphatic hydroxyl groups excluding tert-OH is 2. The van der Waals surface area contributed by atoms with Crippen molar-refractivity contribution in [2.75, 3.05) is 13.2 Å². The molecule has 3 N–H and O–H groups in total. The second kappa shape index (κ2) is 11.1. The SMILES string of the molecule is O=C(NCCO)C1=CC(N(Cc2ccccc2)C(=O)c2ccc(C(F)(F)F)cc2)C(O)C2Oc3ccccc3C12. The maximum atomic E-state index is 13.8. The molecule has 0 fully saturated rings. The number of para-hydroxylation sites is 1. The number of ether oxygens (including phenoxy) is 1. The topological polar surface area (TPSA) is 99.1 Å². The van der Waals surface area contributed by atoms with Gasteiger partial charge in [-0.1, -0.05) is 48.5 Å². The van der Waals surface area contributed by atoms with E-state index in [0.717, 1.165) is 24.3 Å². The van der Waals surface area contributed by atoms with Crippen molar-refractivity contribution in [2.24, 2.45) is 0 Å². The third-order valence-corrected chi connectivity index (χ3v) is 7.15.